The minimum atomic E-state index is 0.228. The summed E-state index contributed by atoms with van der Waals surface area (Å²) in [5.41, 5.74) is 2.91. The van der Waals surface area contributed by atoms with Crippen LogP contribution in [-0.2, 0) is 0 Å². The molecule has 1 rings (SSSR count). The van der Waals surface area contributed by atoms with E-state index in [9.17, 15) is 0 Å². The molecule has 0 aliphatic rings. The van der Waals surface area contributed by atoms with Crippen molar-refractivity contribution in [3.63, 3.8) is 0 Å². The van der Waals surface area contributed by atoms with Crippen LogP contribution in [0.15, 0.2) is 23.1 Å². The normalized spacial score (nSPS) is 11.5. The van der Waals surface area contributed by atoms with Crippen LogP contribution in [-0.4, -0.2) is 17.9 Å². The fraction of sp³-hybridized carbons (Fsp3) is 0.250. The fourth-order valence-electron chi connectivity index (χ4n) is 1.17. The first-order chi connectivity index (χ1) is 5.25. The van der Waals surface area contributed by atoms with Crippen LogP contribution in [0.1, 0.15) is 11.1 Å². The van der Waals surface area contributed by atoms with Crippen LogP contribution in [0.3, 0.4) is 0 Å². The third kappa shape index (κ3) is 2.22. The van der Waals surface area contributed by atoms with Gasteiger partial charge in [-0.25, -0.2) is 0 Å². The van der Waals surface area contributed by atoms with Crippen molar-refractivity contribution in [1.29, 1.82) is 0 Å². The van der Waals surface area contributed by atoms with Crippen LogP contribution < -0.4 is 0 Å². The Morgan fingerprint density at radius 1 is 1.27 bits per heavy atom. The van der Waals surface area contributed by atoms with Crippen molar-refractivity contribution in [2.75, 3.05) is 0 Å². The lowest BCUT2D eigenvalue weighted by atomic mass is 10.2. The molecule has 0 N–H and O–H groups in total. The second-order valence-electron chi connectivity index (χ2n) is 2.65. The van der Waals surface area contributed by atoms with Crippen molar-refractivity contribution in [2.45, 2.75) is 18.7 Å². The average Bonchev–Trinajstić information content (AvgIpc) is 1.97. The van der Waals surface area contributed by atoms with E-state index in [2.05, 4.69) is 43.3 Å². The van der Waals surface area contributed by atoms with Crippen LogP contribution in [0, 0.1) is 13.8 Å². The molecule has 0 unspecified atom stereocenters. The Balaban J connectivity index is 3.00. The number of rotatable bonds is 2. The van der Waals surface area contributed by atoms with Crippen LogP contribution in [0.25, 0.3) is 0 Å². The lowest BCUT2D eigenvalue weighted by Gasteiger charge is -2.06. The molecule has 11 heavy (non-hydrogen) atoms. The molecule has 0 fully saturated rings. The first kappa shape index (κ1) is 9.09. The van der Waals surface area contributed by atoms with E-state index in [4.69, 9.17) is 0 Å². The van der Waals surface area contributed by atoms with E-state index in [0.717, 1.165) is 0 Å². The highest BCUT2D eigenvalue weighted by molar-refractivity contribution is 8.26. The molecule has 0 atom stereocenters. The summed E-state index contributed by atoms with van der Waals surface area (Å²) in [6.07, 6.45) is 0. The van der Waals surface area contributed by atoms with E-state index in [1.54, 1.807) is 4.90 Å². The average molecular weight is 198 g/mol. The Kier molecular flexibility index (Phi) is 3.42. The van der Waals surface area contributed by atoms with Crippen LogP contribution in [0.2, 0.25) is 0 Å². The monoisotopic (exact) mass is 198 g/mol. The fourth-order valence-corrected chi connectivity index (χ4v) is 6.88. The second-order valence-corrected chi connectivity index (χ2v) is 11.7. The summed E-state index contributed by atoms with van der Waals surface area (Å²) in [6.45, 7) is 4.42. The van der Waals surface area contributed by atoms with E-state index < -0.39 is 0 Å². The van der Waals surface area contributed by atoms with Gasteiger partial charge in [0.25, 0.3) is 0 Å². The SMILES string of the molecule is Cc1cccc(C)c1S[SiH2][SiH3]. The summed E-state index contributed by atoms with van der Waals surface area (Å²) in [5, 5.41) is 0. The maximum Gasteiger partial charge on any atom is 0.0740 e. The van der Waals surface area contributed by atoms with E-state index in [1.807, 2.05) is 0 Å². The lowest BCUT2D eigenvalue weighted by molar-refractivity contribution is 1.22. The molecule has 0 heterocycles. The lowest BCUT2D eigenvalue weighted by Crippen LogP contribution is -1.88. The van der Waals surface area contributed by atoms with Gasteiger partial charge >= 0.3 is 0 Å². The Morgan fingerprint density at radius 3 is 2.27 bits per heavy atom. The Hall–Kier alpha value is 0.00377. The zero-order chi connectivity index (χ0) is 8.27. The van der Waals surface area contributed by atoms with Gasteiger partial charge in [-0.05, 0) is 25.0 Å². The van der Waals surface area contributed by atoms with Crippen molar-refractivity contribution in [1.82, 2.24) is 0 Å². The third-order valence-corrected chi connectivity index (χ3v) is 7.25. The smallest absolute Gasteiger partial charge is 0.0740 e. The molecule has 0 radical (unpaired) electrons. The highest BCUT2D eigenvalue weighted by Gasteiger charge is 1.99. The number of aryl methyl sites for hydroxylation is 2. The van der Waals surface area contributed by atoms with Gasteiger partial charge in [-0.3, -0.25) is 0 Å². The van der Waals surface area contributed by atoms with Gasteiger partial charge in [0, 0.05) is 14.7 Å². The molecule has 0 aliphatic heterocycles. The molecule has 0 saturated heterocycles. The summed E-state index contributed by atoms with van der Waals surface area (Å²) in [6, 6.07) is 6.56. The standard InChI is InChI=1S/C8H14SSi2/c1-6-4-3-5-7(2)8(6)9-11-10/h3-5H,11H2,1-2,10H3. The van der Waals surface area contributed by atoms with Gasteiger partial charge in [-0.1, -0.05) is 18.2 Å². The second kappa shape index (κ2) is 4.14. The van der Waals surface area contributed by atoms with Crippen LogP contribution in [0.4, 0.5) is 0 Å². The van der Waals surface area contributed by atoms with Crippen molar-refractivity contribution in [3.05, 3.63) is 29.3 Å². The maximum atomic E-state index is 2.21. The van der Waals surface area contributed by atoms with E-state index in [-0.39, 0.29) is 8.19 Å². The van der Waals surface area contributed by atoms with Crippen molar-refractivity contribution in [2.24, 2.45) is 0 Å². The molecule has 3 heteroatoms. The molecule has 0 amide bonds. The molecule has 0 saturated carbocycles. The van der Waals surface area contributed by atoms with Gasteiger partial charge in [-0.15, -0.1) is 0 Å². The van der Waals surface area contributed by atoms with Gasteiger partial charge in [0.05, 0.1) is 8.19 Å². The summed E-state index contributed by atoms with van der Waals surface area (Å²) in [5.74, 6) is 0. The summed E-state index contributed by atoms with van der Waals surface area (Å²) in [4.78, 5) is 1.55. The number of benzene rings is 1. The zero-order valence-electron chi connectivity index (χ0n) is 7.35. The molecule has 0 aromatic heterocycles. The van der Waals surface area contributed by atoms with Crippen LogP contribution in [0.5, 0.6) is 0 Å². The summed E-state index contributed by atoms with van der Waals surface area (Å²) < 4.78 is 0. The zero-order valence-corrected chi connectivity index (χ0v) is 11.6. The molecule has 1 aromatic rings. The minimum Gasteiger partial charge on any atom is -0.163 e. The number of hydrogen-bond donors (Lipinski definition) is 0. The van der Waals surface area contributed by atoms with Gasteiger partial charge in [0.15, 0.2) is 0 Å². The Labute approximate surface area is 77.5 Å². The highest BCUT2D eigenvalue weighted by Crippen LogP contribution is 2.23. The quantitative estimate of drug-likeness (QED) is 0.632. The molecule has 0 spiro atoms. The first-order valence-corrected chi connectivity index (χ1v) is 12.3. The molecule has 60 valence electrons. The Bertz CT molecular complexity index is 228. The molecule has 0 bridgehead atoms. The number of hydrogen-bond acceptors (Lipinski definition) is 1. The predicted octanol–water partition coefficient (Wildman–Crippen LogP) is 0.760. The van der Waals surface area contributed by atoms with E-state index >= 15 is 0 Å². The summed E-state index contributed by atoms with van der Waals surface area (Å²) >= 11 is 2.13. The maximum absolute atomic E-state index is 2.21. The van der Waals surface area contributed by atoms with Gasteiger partial charge in [0.2, 0.25) is 0 Å². The minimum absolute atomic E-state index is 0.228. The Morgan fingerprint density at radius 2 is 1.82 bits per heavy atom. The molecular formula is C8H14SSi2. The van der Waals surface area contributed by atoms with E-state index in [1.165, 1.54) is 20.9 Å². The van der Waals surface area contributed by atoms with Crippen LogP contribution >= 0.6 is 11.2 Å². The van der Waals surface area contributed by atoms with Gasteiger partial charge in [-0.2, -0.15) is 11.2 Å². The van der Waals surface area contributed by atoms with Crippen molar-refractivity contribution in [3.8, 4) is 0 Å². The van der Waals surface area contributed by atoms with Gasteiger partial charge in [0.1, 0.15) is 0 Å². The third-order valence-electron chi connectivity index (χ3n) is 1.70. The topological polar surface area (TPSA) is 0 Å². The van der Waals surface area contributed by atoms with Crippen molar-refractivity contribution < 1.29 is 0 Å². The largest absolute Gasteiger partial charge is 0.163 e. The first-order valence-electron chi connectivity index (χ1n) is 3.94. The van der Waals surface area contributed by atoms with Gasteiger partial charge < -0.3 is 0 Å². The molecule has 0 nitrogen and oxygen atoms in total. The van der Waals surface area contributed by atoms with Crippen molar-refractivity contribution >= 4 is 29.2 Å². The molecule has 0 aliphatic carbocycles. The summed E-state index contributed by atoms with van der Waals surface area (Å²) in [7, 11) is 1.65. The highest BCUT2D eigenvalue weighted by atomic mass is 32.4. The molecular weight excluding hydrogens is 184 g/mol. The predicted molar refractivity (Wildman–Crippen MR) is 60.3 cm³/mol. The molecule has 1 aromatic carbocycles. The van der Waals surface area contributed by atoms with E-state index in [0.29, 0.717) is 0 Å².